The Morgan fingerprint density at radius 3 is 2.32 bits per heavy atom. The fraction of sp³-hybridized carbons (Fsp3) is 0.588. The van der Waals surface area contributed by atoms with Crippen LogP contribution < -0.4 is 4.74 Å². The maximum Gasteiger partial charge on any atom is 0.310 e. The van der Waals surface area contributed by atoms with E-state index in [4.69, 9.17) is 9.47 Å². The lowest BCUT2D eigenvalue weighted by Gasteiger charge is -2.34. The van der Waals surface area contributed by atoms with Gasteiger partial charge in [-0.25, -0.2) is 8.78 Å². The molecule has 1 aliphatic carbocycles. The third kappa shape index (κ3) is 5.28. The van der Waals surface area contributed by atoms with Crippen LogP contribution in [0.3, 0.4) is 0 Å². The molecule has 0 saturated heterocycles. The average molecular weight is 312 g/mol. The van der Waals surface area contributed by atoms with Crippen molar-refractivity contribution in [3.8, 4) is 5.75 Å². The van der Waals surface area contributed by atoms with Crippen molar-refractivity contribution >= 4 is 5.97 Å². The topological polar surface area (TPSA) is 35.5 Å². The maximum absolute atomic E-state index is 12.7. The molecule has 1 saturated carbocycles. The van der Waals surface area contributed by atoms with Gasteiger partial charge in [0.15, 0.2) is 0 Å². The maximum atomic E-state index is 12.7. The number of esters is 1. The number of halogens is 2. The fourth-order valence-corrected chi connectivity index (χ4v) is 2.36. The molecule has 0 amide bonds. The number of hydrogen-bond acceptors (Lipinski definition) is 3. The van der Waals surface area contributed by atoms with Crippen molar-refractivity contribution in [1.29, 1.82) is 0 Å². The van der Waals surface area contributed by atoms with Crippen molar-refractivity contribution in [3.63, 3.8) is 0 Å². The number of carbonyl (C=O) groups is 1. The summed E-state index contributed by atoms with van der Waals surface area (Å²) < 4.78 is 36.2. The molecule has 122 valence electrons. The van der Waals surface area contributed by atoms with Crippen molar-refractivity contribution in [2.75, 3.05) is 6.61 Å². The van der Waals surface area contributed by atoms with E-state index >= 15 is 0 Å². The molecule has 0 bridgehead atoms. The van der Waals surface area contributed by atoms with Gasteiger partial charge in [-0.1, -0.05) is 12.1 Å². The SMILES string of the molecule is CC(C)(C)OC(=O)Cc1ccc(OCC2CC(F)(F)C2)cc1. The molecule has 0 atom stereocenters. The van der Waals surface area contributed by atoms with Gasteiger partial charge in [0.25, 0.3) is 0 Å². The molecule has 1 aromatic rings. The average Bonchev–Trinajstić information content (AvgIpc) is 2.33. The minimum absolute atomic E-state index is 0.0727. The van der Waals surface area contributed by atoms with Gasteiger partial charge < -0.3 is 9.47 Å². The number of rotatable bonds is 5. The van der Waals surface area contributed by atoms with Gasteiger partial charge in [0.1, 0.15) is 11.4 Å². The molecule has 0 aliphatic heterocycles. The molecule has 3 nitrogen and oxygen atoms in total. The van der Waals surface area contributed by atoms with Crippen molar-refractivity contribution < 1.29 is 23.0 Å². The van der Waals surface area contributed by atoms with Crippen LogP contribution in [0.25, 0.3) is 0 Å². The van der Waals surface area contributed by atoms with E-state index in [1.54, 1.807) is 24.3 Å². The molecular weight excluding hydrogens is 290 g/mol. The van der Waals surface area contributed by atoms with Gasteiger partial charge in [-0.2, -0.15) is 0 Å². The molecule has 0 radical (unpaired) electrons. The Hall–Kier alpha value is -1.65. The molecule has 1 fully saturated rings. The summed E-state index contributed by atoms with van der Waals surface area (Å²) in [5.41, 5.74) is 0.335. The number of carbonyl (C=O) groups excluding carboxylic acids is 1. The van der Waals surface area contributed by atoms with Crippen LogP contribution in [0.4, 0.5) is 8.78 Å². The van der Waals surface area contributed by atoms with E-state index in [9.17, 15) is 13.6 Å². The van der Waals surface area contributed by atoms with Crippen LogP contribution in [0.5, 0.6) is 5.75 Å². The van der Waals surface area contributed by atoms with Crippen LogP contribution in [0.1, 0.15) is 39.2 Å². The standard InChI is InChI=1S/C17H22F2O3/c1-16(2,3)22-15(20)8-12-4-6-14(7-5-12)21-11-13-9-17(18,19)10-13/h4-7,13H,8-11H2,1-3H3. The Labute approximate surface area is 129 Å². The first-order chi connectivity index (χ1) is 10.1. The molecule has 2 rings (SSSR count). The van der Waals surface area contributed by atoms with Crippen molar-refractivity contribution in [2.24, 2.45) is 5.92 Å². The summed E-state index contributed by atoms with van der Waals surface area (Å²) in [4.78, 5) is 11.7. The van der Waals surface area contributed by atoms with E-state index in [-0.39, 0.29) is 31.1 Å². The lowest BCUT2D eigenvalue weighted by molar-refractivity contribution is -0.153. The highest BCUT2D eigenvalue weighted by Gasteiger charge is 2.45. The van der Waals surface area contributed by atoms with Gasteiger partial charge >= 0.3 is 5.97 Å². The summed E-state index contributed by atoms with van der Waals surface area (Å²) >= 11 is 0. The van der Waals surface area contributed by atoms with Gasteiger partial charge in [-0.15, -0.1) is 0 Å². The summed E-state index contributed by atoms with van der Waals surface area (Å²) in [6.45, 7) is 5.78. The summed E-state index contributed by atoms with van der Waals surface area (Å²) in [5.74, 6) is -2.23. The molecule has 1 aromatic carbocycles. The smallest absolute Gasteiger partial charge is 0.310 e. The van der Waals surface area contributed by atoms with Crippen molar-refractivity contribution in [1.82, 2.24) is 0 Å². The molecule has 1 aliphatic rings. The molecule has 5 heteroatoms. The number of ether oxygens (including phenoxy) is 2. The zero-order valence-corrected chi connectivity index (χ0v) is 13.2. The third-order valence-corrected chi connectivity index (χ3v) is 3.35. The largest absolute Gasteiger partial charge is 0.493 e. The van der Waals surface area contributed by atoms with E-state index < -0.39 is 11.5 Å². The predicted octanol–water partition coefficient (Wildman–Crippen LogP) is 3.99. The second-order valence-electron chi connectivity index (χ2n) is 6.85. The Kier molecular flexibility index (Phi) is 4.73. The Morgan fingerprint density at radius 1 is 1.23 bits per heavy atom. The monoisotopic (exact) mass is 312 g/mol. The Morgan fingerprint density at radius 2 is 1.82 bits per heavy atom. The number of hydrogen-bond donors (Lipinski definition) is 0. The third-order valence-electron chi connectivity index (χ3n) is 3.35. The minimum atomic E-state index is -2.51. The fourth-order valence-electron chi connectivity index (χ4n) is 2.36. The van der Waals surface area contributed by atoms with Gasteiger partial charge in [0.2, 0.25) is 5.92 Å². The van der Waals surface area contributed by atoms with Crippen LogP contribution in [0, 0.1) is 5.92 Å². The van der Waals surface area contributed by atoms with E-state index in [1.807, 2.05) is 20.8 Å². The molecule has 0 heterocycles. The van der Waals surface area contributed by atoms with Gasteiger partial charge in [0.05, 0.1) is 13.0 Å². The van der Waals surface area contributed by atoms with Gasteiger partial charge in [-0.05, 0) is 38.5 Å². The second kappa shape index (κ2) is 6.23. The summed E-state index contributed by atoms with van der Waals surface area (Å²) in [5, 5.41) is 0. The van der Waals surface area contributed by atoms with E-state index in [0.29, 0.717) is 12.4 Å². The molecule has 0 aromatic heterocycles. The van der Waals surface area contributed by atoms with Crippen LogP contribution in [-0.2, 0) is 16.0 Å². The van der Waals surface area contributed by atoms with E-state index in [2.05, 4.69) is 0 Å². The first-order valence-corrected chi connectivity index (χ1v) is 7.44. The highest BCUT2D eigenvalue weighted by Crippen LogP contribution is 2.42. The zero-order chi connectivity index (χ0) is 16.4. The summed E-state index contributed by atoms with van der Waals surface area (Å²) in [7, 11) is 0. The van der Waals surface area contributed by atoms with Gasteiger partial charge in [0, 0.05) is 18.8 Å². The second-order valence-corrected chi connectivity index (χ2v) is 6.85. The molecule has 0 N–H and O–H groups in total. The lowest BCUT2D eigenvalue weighted by Crippen LogP contribution is -2.38. The minimum Gasteiger partial charge on any atom is -0.493 e. The Balaban J connectivity index is 1.77. The number of alkyl halides is 2. The van der Waals surface area contributed by atoms with E-state index in [0.717, 1.165) is 5.56 Å². The van der Waals surface area contributed by atoms with Crippen LogP contribution in [-0.4, -0.2) is 24.1 Å². The number of benzene rings is 1. The first kappa shape index (κ1) is 16.7. The van der Waals surface area contributed by atoms with Crippen LogP contribution in [0.15, 0.2) is 24.3 Å². The van der Waals surface area contributed by atoms with Gasteiger partial charge in [-0.3, -0.25) is 4.79 Å². The highest BCUT2D eigenvalue weighted by molar-refractivity contribution is 5.73. The van der Waals surface area contributed by atoms with Crippen LogP contribution >= 0.6 is 0 Å². The lowest BCUT2D eigenvalue weighted by atomic mass is 9.82. The molecule has 0 unspecified atom stereocenters. The van der Waals surface area contributed by atoms with Crippen molar-refractivity contribution in [3.05, 3.63) is 29.8 Å². The normalized spacial score (nSPS) is 17.7. The zero-order valence-electron chi connectivity index (χ0n) is 13.2. The first-order valence-electron chi connectivity index (χ1n) is 7.44. The summed E-state index contributed by atoms with van der Waals surface area (Å²) in [6.07, 6.45) is 0.0137. The van der Waals surface area contributed by atoms with E-state index in [1.165, 1.54) is 0 Å². The van der Waals surface area contributed by atoms with Crippen LogP contribution in [0.2, 0.25) is 0 Å². The van der Waals surface area contributed by atoms with Crippen molar-refractivity contribution in [2.45, 2.75) is 51.6 Å². The predicted molar refractivity (Wildman–Crippen MR) is 79.2 cm³/mol. The highest BCUT2D eigenvalue weighted by atomic mass is 19.3. The Bertz CT molecular complexity index is 510. The quantitative estimate of drug-likeness (QED) is 0.771. The molecule has 22 heavy (non-hydrogen) atoms. The summed E-state index contributed by atoms with van der Waals surface area (Å²) in [6, 6.07) is 7.07. The molecular formula is C17H22F2O3. The molecule has 0 spiro atoms.